The maximum absolute atomic E-state index is 2.37. The smallest absolute Gasteiger partial charge is 0.0468 e. The number of benzene rings is 8. The highest BCUT2D eigenvalue weighted by Crippen LogP contribution is 2.43. The van der Waals surface area contributed by atoms with Crippen LogP contribution in [0.4, 0.5) is 17.1 Å². The number of nitrogens with zero attached hydrogens (tertiary/aromatic N) is 1. The van der Waals surface area contributed by atoms with Crippen molar-refractivity contribution in [3.8, 4) is 22.3 Å². The van der Waals surface area contributed by atoms with Gasteiger partial charge in [-0.25, -0.2) is 0 Å². The van der Waals surface area contributed by atoms with Crippen molar-refractivity contribution in [2.45, 2.75) is 0 Å². The molecule has 0 atom stereocenters. The second-order valence-corrected chi connectivity index (χ2v) is 12.8. The van der Waals surface area contributed by atoms with E-state index in [1.807, 2.05) is 11.3 Å². The number of hydrogen-bond donors (Lipinski definition) is 0. The molecule has 46 heavy (non-hydrogen) atoms. The minimum absolute atomic E-state index is 1.12. The molecule has 0 radical (unpaired) electrons. The highest BCUT2D eigenvalue weighted by atomic mass is 32.1. The van der Waals surface area contributed by atoms with Crippen LogP contribution in [0.25, 0.3) is 64.0 Å². The summed E-state index contributed by atoms with van der Waals surface area (Å²) in [6.45, 7) is 0. The lowest BCUT2D eigenvalue weighted by atomic mass is 9.96. The van der Waals surface area contributed by atoms with Gasteiger partial charge in [0.1, 0.15) is 0 Å². The van der Waals surface area contributed by atoms with E-state index in [0.29, 0.717) is 0 Å². The van der Waals surface area contributed by atoms with E-state index < -0.39 is 0 Å². The van der Waals surface area contributed by atoms with Gasteiger partial charge in [0, 0.05) is 42.6 Å². The van der Waals surface area contributed by atoms with Crippen molar-refractivity contribution in [3.63, 3.8) is 0 Å². The predicted molar refractivity (Wildman–Crippen MR) is 200 cm³/mol. The first kappa shape index (κ1) is 26.7. The van der Waals surface area contributed by atoms with Crippen molar-refractivity contribution in [3.05, 3.63) is 176 Å². The summed E-state index contributed by atoms with van der Waals surface area (Å²) in [5.41, 5.74) is 8.28. The standard InChI is InChI=1S/C44H29NS/c1-2-10-30(11-3-1)35-15-8-16-37(28-35)45(38-26-20-31-12-4-5-13-34(31)29-38)36-24-21-32(22-25-36)39-18-9-14-33-23-27-41-40-17-6-7-19-42(40)46-44(41)43(33)39/h1-29H. The fraction of sp³-hybridized carbons (Fsp3) is 0. The molecule has 2 heteroatoms. The maximum atomic E-state index is 2.37. The first-order valence-corrected chi connectivity index (χ1v) is 16.5. The first-order chi connectivity index (χ1) is 22.8. The third-order valence-corrected chi connectivity index (χ3v) is 10.2. The summed E-state index contributed by atoms with van der Waals surface area (Å²) >= 11 is 1.89. The van der Waals surface area contributed by atoms with Crippen LogP contribution >= 0.6 is 11.3 Å². The quantitative estimate of drug-likeness (QED) is 0.189. The van der Waals surface area contributed by atoms with Crippen LogP contribution < -0.4 is 4.90 Å². The van der Waals surface area contributed by atoms with Gasteiger partial charge in [-0.05, 0) is 80.9 Å². The maximum Gasteiger partial charge on any atom is 0.0468 e. The topological polar surface area (TPSA) is 3.24 Å². The molecular formula is C44H29NS. The molecule has 0 fully saturated rings. The minimum Gasteiger partial charge on any atom is -0.310 e. The Morgan fingerprint density at radius 1 is 0.370 bits per heavy atom. The number of hydrogen-bond acceptors (Lipinski definition) is 2. The fourth-order valence-electron chi connectivity index (χ4n) is 6.80. The molecule has 0 saturated carbocycles. The Morgan fingerprint density at radius 3 is 1.93 bits per heavy atom. The van der Waals surface area contributed by atoms with Crippen LogP contribution in [0.3, 0.4) is 0 Å². The van der Waals surface area contributed by atoms with Crippen LogP contribution in [0.15, 0.2) is 176 Å². The van der Waals surface area contributed by atoms with Crippen molar-refractivity contribution < 1.29 is 0 Å². The summed E-state index contributed by atoms with van der Waals surface area (Å²) in [5.74, 6) is 0. The van der Waals surface area contributed by atoms with Crippen LogP contribution in [0.1, 0.15) is 0 Å². The molecule has 0 amide bonds. The van der Waals surface area contributed by atoms with Gasteiger partial charge in [0.2, 0.25) is 0 Å². The third kappa shape index (κ3) is 4.54. The highest BCUT2D eigenvalue weighted by molar-refractivity contribution is 7.26. The molecule has 0 spiro atoms. The van der Waals surface area contributed by atoms with Crippen LogP contribution in [-0.4, -0.2) is 0 Å². The second-order valence-electron chi connectivity index (χ2n) is 11.8. The Bertz CT molecular complexity index is 2530. The van der Waals surface area contributed by atoms with Gasteiger partial charge in [-0.2, -0.15) is 0 Å². The minimum atomic E-state index is 1.12. The van der Waals surface area contributed by atoms with Crippen molar-refractivity contribution in [1.29, 1.82) is 0 Å². The van der Waals surface area contributed by atoms with Gasteiger partial charge in [0.05, 0.1) is 0 Å². The lowest BCUT2D eigenvalue weighted by Gasteiger charge is -2.26. The molecule has 0 N–H and O–H groups in total. The Morgan fingerprint density at radius 2 is 1.04 bits per heavy atom. The van der Waals surface area contributed by atoms with E-state index in [0.717, 1.165) is 17.1 Å². The molecule has 9 rings (SSSR count). The van der Waals surface area contributed by atoms with Crippen molar-refractivity contribution in [2.24, 2.45) is 0 Å². The van der Waals surface area contributed by atoms with E-state index in [1.54, 1.807) is 0 Å². The zero-order valence-electron chi connectivity index (χ0n) is 25.1. The second kappa shape index (κ2) is 11.0. The molecule has 8 aromatic carbocycles. The van der Waals surface area contributed by atoms with Gasteiger partial charge in [-0.1, -0.05) is 133 Å². The van der Waals surface area contributed by atoms with Gasteiger partial charge in [-0.15, -0.1) is 11.3 Å². The molecule has 9 aromatic rings. The molecule has 0 bridgehead atoms. The van der Waals surface area contributed by atoms with E-state index in [-0.39, 0.29) is 0 Å². The van der Waals surface area contributed by atoms with Crippen molar-refractivity contribution >= 4 is 70.1 Å². The van der Waals surface area contributed by atoms with E-state index >= 15 is 0 Å². The summed E-state index contributed by atoms with van der Waals surface area (Å²) in [7, 11) is 0. The zero-order chi connectivity index (χ0) is 30.5. The monoisotopic (exact) mass is 603 g/mol. The molecule has 0 aliphatic heterocycles. The van der Waals surface area contributed by atoms with E-state index in [9.17, 15) is 0 Å². The van der Waals surface area contributed by atoms with E-state index in [2.05, 4.69) is 181 Å². The highest BCUT2D eigenvalue weighted by Gasteiger charge is 2.16. The summed E-state index contributed by atoms with van der Waals surface area (Å²) < 4.78 is 2.69. The number of fused-ring (bicyclic) bond motifs is 6. The van der Waals surface area contributed by atoms with Gasteiger partial charge < -0.3 is 4.90 Å². The van der Waals surface area contributed by atoms with Crippen LogP contribution in [0, 0.1) is 0 Å². The van der Waals surface area contributed by atoms with Crippen molar-refractivity contribution in [1.82, 2.24) is 0 Å². The van der Waals surface area contributed by atoms with Gasteiger partial charge in [-0.3, -0.25) is 0 Å². The fourth-order valence-corrected chi connectivity index (χ4v) is 8.07. The normalized spacial score (nSPS) is 11.5. The van der Waals surface area contributed by atoms with E-state index in [1.165, 1.54) is 64.0 Å². The van der Waals surface area contributed by atoms with Crippen LogP contribution in [0.5, 0.6) is 0 Å². The number of thiophene rings is 1. The molecule has 0 unspecified atom stereocenters. The number of anilines is 3. The summed E-state index contributed by atoms with van der Waals surface area (Å²) in [6.07, 6.45) is 0. The van der Waals surface area contributed by atoms with E-state index in [4.69, 9.17) is 0 Å². The average Bonchev–Trinajstić information content (AvgIpc) is 3.51. The Kier molecular flexibility index (Phi) is 6.40. The van der Waals surface area contributed by atoms with Gasteiger partial charge in [0.15, 0.2) is 0 Å². The molecule has 0 aliphatic rings. The van der Waals surface area contributed by atoms with Crippen LogP contribution in [-0.2, 0) is 0 Å². The Balaban J connectivity index is 1.19. The molecule has 0 saturated heterocycles. The summed E-state index contributed by atoms with van der Waals surface area (Å²) in [5, 5.41) is 7.73. The molecule has 1 nitrogen and oxygen atoms in total. The average molecular weight is 604 g/mol. The lowest BCUT2D eigenvalue weighted by molar-refractivity contribution is 1.29. The lowest BCUT2D eigenvalue weighted by Crippen LogP contribution is -2.10. The summed E-state index contributed by atoms with van der Waals surface area (Å²) in [6, 6.07) is 63.9. The molecule has 1 heterocycles. The Labute approximate surface area is 272 Å². The van der Waals surface area contributed by atoms with Gasteiger partial charge in [0.25, 0.3) is 0 Å². The molecular weight excluding hydrogens is 575 g/mol. The largest absolute Gasteiger partial charge is 0.310 e. The number of rotatable bonds is 5. The first-order valence-electron chi connectivity index (χ1n) is 15.7. The predicted octanol–water partition coefficient (Wildman–Crippen LogP) is 13.2. The van der Waals surface area contributed by atoms with Gasteiger partial charge >= 0.3 is 0 Å². The molecule has 0 aliphatic carbocycles. The summed E-state index contributed by atoms with van der Waals surface area (Å²) in [4.78, 5) is 2.37. The Hall–Kier alpha value is -5.70. The van der Waals surface area contributed by atoms with Crippen molar-refractivity contribution in [2.75, 3.05) is 4.90 Å². The molecule has 1 aromatic heterocycles. The zero-order valence-corrected chi connectivity index (χ0v) is 25.9. The SMILES string of the molecule is c1ccc(-c2cccc(N(c3ccc(-c4cccc5ccc6c7ccccc7sc6c45)cc3)c3ccc4ccccc4c3)c2)cc1. The van der Waals surface area contributed by atoms with Crippen LogP contribution in [0.2, 0.25) is 0 Å². The third-order valence-electron chi connectivity index (χ3n) is 9.03. The molecule has 216 valence electrons.